The minimum absolute atomic E-state index is 0.0835. The maximum Gasteiger partial charge on any atom is 0.238 e. The topological polar surface area (TPSA) is 84.7 Å². The number of likely N-dealkylation sites (tertiary alicyclic amines) is 1. The quantitative estimate of drug-likeness (QED) is 0.861. The molecule has 0 aromatic heterocycles. The molecule has 1 aromatic rings. The fourth-order valence-electron chi connectivity index (χ4n) is 2.50. The third kappa shape index (κ3) is 3.23. The Morgan fingerprint density at radius 1 is 1.45 bits per heavy atom. The summed E-state index contributed by atoms with van der Waals surface area (Å²) in [5.74, 6) is 0.611. The number of likely N-dealkylation sites (N-methyl/N-ethyl adjacent to an activating group) is 1. The molecule has 1 aromatic carbocycles. The number of anilines is 1. The number of primary sulfonamides is 1. The molecule has 2 unspecified atom stereocenters. The highest BCUT2D eigenvalue weighted by molar-refractivity contribution is 7.89. The Bertz CT molecular complexity index is 579. The molecule has 0 amide bonds. The number of benzene rings is 1. The van der Waals surface area contributed by atoms with Crippen LogP contribution in [-0.2, 0) is 10.0 Å². The van der Waals surface area contributed by atoms with Crippen LogP contribution >= 0.6 is 0 Å². The summed E-state index contributed by atoms with van der Waals surface area (Å²) in [4.78, 5) is 2.34. The molecule has 6 nitrogen and oxygen atoms in total. The zero-order valence-electron chi connectivity index (χ0n) is 12.0. The van der Waals surface area contributed by atoms with Crippen molar-refractivity contribution in [2.45, 2.75) is 30.3 Å². The maximum absolute atomic E-state index is 11.4. The fraction of sp³-hybridized carbons (Fsp3) is 0.538. The smallest absolute Gasteiger partial charge is 0.238 e. The van der Waals surface area contributed by atoms with E-state index in [2.05, 4.69) is 24.2 Å². The first-order chi connectivity index (χ1) is 9.31. The van der Waals surface area contributed by atoms with E-state index in [0.29, 0.717) is 17.5 Å². The first kappa shape index (κ1) is 15.1. The summed E-state index contributed by atoms with van der Waals surface area (Å²) in [6.07, 6.45) is 0.999. The molecule has 1 saturated heterocycles. The van der Waals surface area contributed by atoms with E-state index in [1.807, 2.05) is 0 Å². The molecule has 0 bridgehead atoms. The summed E-state index contributed by atoms with van der Waals surface area (Å²) in [6, 6.07) is 5.35. The van der Waals surface area contributed by atoms with Crippen LogP contribution in [0.3, 0.4) is 0 Å². The van der Waals surface area contributed by atoms with Crippen molar-refractivity contribution in [1.82, 2.24) is 4.90 Å². The lowest BCUT2D eigenvalue weighted by Gasteiger charge is -2.17. The molecule has 2 atom stereocenters. The molecule has 2 rings (SSSR count). The Hall–Kier alpha value is -1.31. The van der Waals surface area contributed by atoms with Crippen molar-refractivity contribution in [2.24, 2.45) is 5.14 Å². The summed E-state index contributed by atoms with van der Waals surface area (Å²) in [7, 11) is -0.0816. The van der Waals surface area contributed by atoms with E-state index >= 15 is 0 Å². The molecule has 1 fully saturated rings. The van der Waals surface area contributed by atoms with Crippen LogP contribution in [0.1, 0.15) is 13.3 Å². The third-order valence-corrected chi connectivity index (χ3v) is 4.66. The number of sulfonamides is 1. The van der Waals surface area contributed by atoms with E-state index in [1.165, 1.54) is 12.1 Å². The highest BCUT2D eigenvalue weighted by atomic mass is 32.2. The predicted molar refractivity (Wildman–Crippen MR) is 78.5 cm³/mol. The van der Waals surface area contributed by atoms with Crippen LogP contribution in [-0.4, -0.2) is 46.1 Å². The van der Waals surface area contributed by atoms with Gasteiger partial charge in [-0.25, -0.2) is 13.6 Å². The van der Waals surface area contributed by atoms with Crippen molar-refractivity contribution in [3.63, 3.8) is 0 Å². The first-order valence-corrected chi connectivity index (χ1v) is 8.03. The van der Waals surface area contributed by atoms with Crippen LogP contribution in [0, 0.1) is 0 Å². The van der Waals surface area contributed by atoms with Gasteiger partial charge in [-0.15, -0.1) is 0 Å². The van der Waals surface area contributed by atoms with Gasteiger partial charge in [-0.05, 0) is 38.6 Å². The Morgan fingerprint density at radius 3 is 2.65 bits per heavy atom. The van der Waals surface area contributed by atoms with Gasteiger partial charge in [0.05, 0.1) is 17.7 Å². The van der Waals surface area contributed by atoms with Gasteiger partial charge in [0, 0.05) is 18.6 Å². The fourth-order valence-corrected chi connectivity index (χ4v) is 3.03. The molecule has 20 heavy (non-hydrogen) atoms. The zero-order valence-corrected chi connectivity index (χ0v) is 12.8. The molecule has 1 aliphatic heterocycles. The van der Waals surface area contributed by atoms with Gasteiger partial charge in [0.15, 0.2) is 0 Å². The second-order valence-electron chi connectivity index (χ2n) is 5.27. The van der Waals surface area contributed by atoms with Crippen molar-refractivity contribution in [1.29, 1.82) is 0 Å². The summed E-state index contributed by atoms with van der Waals surface area (Å²) in [5, 5.41) is 8.51. The van der Waals surface area contributed by atoms with Gasteiger partial charge in [-0.3, -0.25) is 0 Å². The van der Waals surface area contributed by atoms with Gasteiger partial charge in [0.25, 0.3) is 0 Å². The number of nitrogens with one attached hydrogen (secondary N) is 1. The summed E-state index contributed by atoms with van der Waals surface area (Å²) < 4.78 is 28.1. The number of hydrogen-bond donors (Lipinski definition) is 2. The molecule has 3 N–H and O–H groups in total. The number of rotatable bonds is 4. The van der Waals surface area contributed by atoms with Gasteiger partial charge >= 0.3 is 0 Å². The molecule has 112 valence electrons. The number of nitrogens with zero attached hydrogens (tertiary/aromatic N) is 1. The standard InChI is InChI=1S/C13H21N3O3S/c1-9-6-10(8-16(9)2)15-12-7-11(20(14,17)18)4-5-13(12)19-3/h4-5,7,9-10,15H,6,8H2,1-3H3,(H2,14,17,18). The zero-order chi connectivity index (χ0) is 14.9. The second-order valence-corrected chi connectivity index (χ2v) is 6.83. The van der Waals surface area contributed by atoms with E-state index in [0.717, 1.165) is 13.0 Å². The molecule has 0 saturated carbocycles. The summed E-state index contributed by atoms with van der Waals surface area (Å²) >= 11 is 0. The SMILES string of the molecule is COc1ccc(S(N)(=O)=O)cc1NC1CC(C)N(C)C1. The molecular formula is C13H21N3O3S. The van der Waals surface area contributed by atoms with Crippen molar-refractivity contribution in [3.8, 4) is 5.75 Å². The minimum atomic E-state index is -3.71. The van der Waals surface area contributed by atoms with Crippen molar-refractivity contribution in [3.05, 3.63) is 18.2 Å². The van der Waals surface area contributed by atoms with E-state index in [9.17, 15) is 8.42 Å². The van der Waals surface area contributed by atoms with Gasteiger partial charge in [0.1, 0.15) is 5.75 Å². The minimum Gasteiger partial charge on any atom is -0.495 e. The Kier molecular flexibility index (Phi) is 4.22. The summed E-state index contributed by atoms with van der Waals surface area (Å²) in [5.41, 5.74) is 0.659. The number of nitrogens with two attached hydrogens (primary N) is 1. The van der Waals surface area contributed by atoms with Crippen LogP contribution < -0.4 is 15.2 Å². The average Bonchev–Trinajstić information content (AvgIpc) is 2.67. The van der Waals surface area contributed by atoms with Crippen LogP contribution in [0.4, 0.5) is 5.69 Å². The van der Waals surface area contributed by atoms with Gasteiger partial charge < -0.3 is 15.0 Å². The largest absolute Gasteiger partial charge is 0.495 e. The van der Waals surface area contributed by atoms with Gasteiger partial charge in [-0.1, -0.05) is 0 Å². The predicted octanol–water partition coefficient (Wildman–Crippen LogP) is 0.847. The highest BCUT2D eigenvalue weighted by Crippen LogP contribution is 2.29. The number of hydrogen-bond acceptors (Lipinski definition) is 5. The Balaban J connectivity index is 2.26. The van der Waals surface area contributed by atoms with E-state index < -0.39 is 10.0 Å². The monoisotopic (exact) mass is 299 g/mol. The highest BCUT2D eigenvalue weighted by Gasteiger charge is 2.26. The number of ether oxygens (including phenoxy) is 1. The van der Waals surface area contributed by atoms with Crippen LogP contribution in [0.15, 0.2) is 23.1 Å². The second kappa shape index (κ2) is 5.59. The summed E-state index contributed by atoms with van der Waals surface area (Å²) in [6.45, 7) is 3.07. The lowest BCUT2D eigenvalue weighted by molar-refractivity contribution is 0.330. The van der Waals surface area contributed by atoms with Crippen LogP contribution in [0.25, 0.3) is 0 Å². The van der Waals surface area contributed by atoms with Gasteiger partial charge in [0.2, 0.25) is 10.0 Å². The first-order valence-electron chi connectivity index (χ1n) is 6.49. The van der Waals surface area contributed by atoms with E-state index in [4.69, 9.17) is 9.88 Å². The normalized spacial score (nSPS) is 23.8. The van der Waals surface area contributed by atoms with E-state index in [1.54, 1.807) is 13.2 Å². The molecule has 0 spiro atoms. The van der Waals surface area contributed by atoms with Crippen LogP contribution in [0.2, 0.25) is 0 Å². The molecule has 1 aliphatic rings. The molecule has 0 aliphatic carbocycles. The van der Waals surface area contributed by atoms with Crippen molar-refractivity contribution < 1.29 is 13.2 Å². The average molecular weight is 299 g/mol. The number of methoxy groups -OCH3 is 1. The Labute approximate surface area is 120 Å². The Morgan fingerprint density at radius 2 is 2.15 bits per heavy atom. The van der Waals surface area contributed by atoms with Gasteiger partial charge in [-0.2, -0.15) is 0 Å². The lowest BCUT2D eigenvalue weighted by atomic mass is 10.2. The molecule has 7 heteroatoms. The van der Waals surface area contributed by atoms with E-state index in [-0.39, 0.29) is 10.9 Å². The molecular weight excluding hydrogens is 278 g/mol. The lowest BCUT2D eigenvalue weighted by Crippen LogP contribution is -2.25. The maximum atomic E-state index is 11.4. The third-order valence-electron chi connectivity index (χ3n) is 3.75. The van der Waals surface area contributed by atoms with Crippen LogP contribution in [0.5, 0.6) is 5.75 Å². The molecule has 0 radical (unpaired) electrons. The molecule has 1 heterocycles. The van der Waals surface area contributed by atoms with Crippen molar-refractivity contribution >= 4 is 15.7 Å². The van der Waals surface area contributed by atoms with Crippen molar-refractivity contribution in [2.75, 3.05) is 26.0 Å².